The number of nitrogens with zero attached hydrogens (tertiary/aromatic N) is 1. The third kappa shape index (κ3) is 7.27. The molecular weight excluding hydrogens is 384 g/mol. The second kappa shape index (κ2) is 11.9. The van der Waals surface area contributed by atoms with E-state index in [2.05, 4.69) is 9.72 Å². The van der Waals surface area contributed by atoms with E-state index in [4.69, 9.17) is 15.2 Å². The predicted molar refractivity (Wildman–Crippen MR) is 113 cm³/mol. The first-order chi connectivity index (χ1) is 14.5. The number of primary amides is 1. The Hall–Kier alpha value is -3.87. The number of methoxy groups -OCH3 is 1. The van der Waals surface area contributed by atoms with E-state index < -0.39 is 12.1 Å². The minimum absolute atomic E-state index is 0.243. The maximum absolute atomic E-state index is 11.6. The van der Waals surface area contributed by atoms with Gasteiger partial charge in [-0.15, -0.1) is 0 Å². The van der Waals surface area contributed by atoms with Crippen molar-refractivity contribution in [1.29, 1.82) is 0 Å². The molecule has 0 aliphatic heterocycles. The molecule has 0 bridgehead atoms. The highest BCUT2D eigenvalue weighted by Crippen LogP contribution is 2.23. The number of pyridine rings is 1. The van der Waals surface area contributed by atoms with Crippen LogP contribution in [0.3, 0.4) is 0 Å². The van der Waals surface area contributed by atoms with E-state index >= 15 is 0 Å². The summed E-state index contributed by atoms with van der Waals surface area (Å²) in [6.07, 6.45) is -0.742. The van der Waals surface area contributed by atoms with E-state index in [1.807, 2.05) is 73.7 Å². The molecule has 1 heterocycles. The average Bonchev–Trinajstić information content (AvgIpc) is 2.79. The molecule has 3 rings (SSSR count). The number of carbonyl (C=O) groups excluding carboxylic acids is 2. The molecule has 2 N–H and O–H groups in total. The minimum atomic E-state index is -0.742. The van der Waals surface area contributed by atoms with Crippen LogP contribution in [0.1, 0.15) is 23.0 Å². The third-order valence-corrected chi connectivity index (χ3v) is 3.80. The van der Waals surface area contributed by atoms with Crippen molar-refractivity contribution in [1.82, 2.24) is 4.98 Å². The molecule has 1 amide bonds. The standard InChI is InChI=1S/C15H15NO3.C8H9NO2/c1-3-19-12-9-13(11-7-5-4-6-8-11)16-14(10-12)15(17)18-2;9-8(10)11-6-7-4-2-1-3-5-7/h4-10H,3H2,1-2H3;1-5H,6H2,(H2,9,10). The van der Waals surface area contributed by atoms with E-state index in [1.54, 1.807) is 6.07 Å². The van der Waals surface area contributed by atoms with Crippen LogP contribution in [0, 0.1) is 0 Å². The molecule has 0 saturated heterocycles. The summed E-state index contributed by atoms with van der Waals surface area (Å²) in [6.45, 7) is 2.66. The number of esters is 1. The van der Waals surface area contributed by atoms with E-state index in [1.165, 1.54) is 7.11 Å². The van der Waals surface area contributed by atoms with E-state index in [-0.39, 0.29) is 12.3 Å². The monoisotopic (exact) mass is 408 g/mol. The fourth-order valence-corrected chi connectivity index (χ4v) is 2.45. The van der Waals surface area contributed by atoms with Crippen LogP contribution in [0.25, 0.3) is 11.3 Å². The molecule has 30 heavy (non-hydrogen) atoms. The zero-order valence-corrected chi connectivity index (χ0v) is 16.9. The number of carbonyl (C=O) groups is 2. The number of nitrogens with two attached hydrogens (primary N) is 1. The molecule has 1 aromatic heterocycles. The van der Waals surface area contributed by atoms with Gasteiger partial charge >= 0.3 is 12.1 Å². The normalized spacial score (nSPS) is 9.67. The topological polar surface area (TPSA) is 101 Å². The highest BCUT2D eigenvalue weighted by Gasteiger charge is 2.12. The smallest absolute Gasteiger partial charge is 0.404 e. The SMILES string of the molecule is CCOc1cc(C(=O)OC)nc(-c2ccccc2)c1.NC(=O)OCc1ccccc1. The van der Waals surface area contributed by atoms with E-state index in [9.17, 15) is 9.59 Å². The maximum Gasteiger partial charge on any atom is 0.404 e. The summed E-state index contributed by atoms with van der Waals surface area (Å²) in [5, 5.41) is 0. The molecule has 0 spiro atoms. The fourth-order valence-electron chi connectivity index (χ4n) is 2.45. The lowest BCUT2D eigenvalue weighted by Crippen LogP contribution is -2.12. The predicted octanol–water partition coefficient (Wildman–Crippen LogP) is 4.22. The van der Waals surface area contributed by atoms with Crippen LogP contribution < -0.4 is 10.5 Å². The van der Waals surface area contributed by atoms with Gasteiger partial charge in [0, 0.05) is 17.7 Å². The molecule has 0 atom stereocenters. The summed E-state index contributed by atoms with van der Waals surface area (Å²) in [5.41, 5.74) is 7.57. The van der Waals surface area contributed by atoms with Crippen LogP contribution in [0.5, 0.6) is 5.75 Å². The molecule has 0 unspecified atom stereocenters. The van der Waals surface area contributed by atoms with Crippen molar-refractivity contribution in [3.63, 3.8) is 0 Å². The van der Waals surface area contributed by atoms with Crippen molar-refractivity contribution in [2.45, 2.75) is 13.5 Å². The highest BCUT2D eigenvalue weighted by atomic mass is 16.5. The van der Waals surface area contributed by atoms with Crippen molar-refractivity contribution in [2.75, 3.05) is 13.7 Å². The lowest BCUT2D eigenvalue weighted by atomic mass is 10.1. The number of amides is 1. The summed E-state index contributed by atoms with van der Waals surface area (Å²) in [7, 11) is 1.33. The van der Waals surface area contributed by atoms with Gasteiger partial charge in [-0.3, -0.25) is 0 Å². The Labute approximate surface area is 175 Å². The van der Waals surface area contributed by atoms with Crippen LogP contribution in [0.2, 0.25) is 0 Å². The highest BCUT2D eigenvalue weighted by molar-refractivity contribution is 5.88. The van der Waals surface area contributed by atoms with Gasteiger partial charge < -0.3 is 19.9 Å². The number of hydrogen-bond donors (Lipinski definition) is 1. The van der Waals surface area contributed by atoms with Crippen LogP contribution >= 0.6 is 0 Å². The maximum atomic E-state index is 11.6. The van der Waals surface area contributed by atoms with Gasteiger partial charge in [-0.1, -0.05) is 60.7 Å². The Morgan fingerprint density at radius 2 is 1.60 bits per heavy atom. The minimum Gasteiger partial charge on any atom is -0.494 e. The van der Waals surface area contributed by atoms with Gasteiger partial charge in [-0.2, -0.15) is 0 Å². The first-order valence-corrected chi connectivity index (χ1v) is 9.28. The van der Waals surface area contributed by atoms with Crippen molar-refractivity contribution in [3.05, 3.63) is 84.1 Å². The van der Waals surface area contributed by atoms with Crippen molar-refractivity contribution in [3.8, 4) is 17.0 Å². The molecule has 7 heteroatoms. The summed E-state index contributed by atoms with van der Waals surface area (Å²) in [5.74, 6) is 0.135. The quantitative estimate of drug-likeness (QED) is 0.613. The molecule has 0 saturated carbocycles. The zero-order valence-electron chi connectivity index (χ0n) is 16.9. The number of aromatic nitrogens is 1. The molecule has 0 fully saturated rings. The summed E-state index contributed by atoms with van der Waals surface area (Å²) >= 11 is 0. The van der Waals surface area contributed by atoms with Crippen molar-refractivity contribution >= 4 is 12.1 Å². The fraction of sp³-hybridized carbons (Fsp3) is 0.174. The van der Waals surface area contributed by atoms with Gasteiger partial charge in [0.1, 0.15) is 12.4 Å². The Balaban J connectivity index is 0.000000248. The van der Waals surface area contributed by atoms with Gasteiger partial charge in [0.15, 0.2) is 5.69 Å². The number of ether oxygens (including phenoxy) is 3. The Bertz CT molecular complexity index is 946. The Kier molecular flexibility index (Phi) is 8.86. The summed E-state index contributed by atoms with van der Waals surface area (Å²) in [6, 6.07) is 22.4. The van der Waals surface area contributed by atoms with Crippen molar-refractivity contribution < 1.29 is 23.8 Å². The molecule has 156 valence electrons. The second-order valence-corrected chi connectivity index (χ2v) is 5.96. The first kappa shape index (κ1) is 22.4. The number of hydrogen-bond acceptors (Lipinski definition) is 6. The summed E-state index contributed by atoms with van der Waals surface area (Å²) < 4.78 is 14.7. The Morgan fingerprint density at radius 3 is 2.17 bits per heavy atom. The van der Waals surface area contributed by atoms with Crippen LogP contribution in [0.15, 0.2) is 72.8 Å². The lowest BCUT2D eigenvalue weighted by molar-refractivity contribution is 0.0593. The van der Waals surface area contributed by atoms with Gasteiger partial charge in [0.05, 0.1) is 19.4 Å². The molecule has 7 nitrogen and oxygen atoms in total. The molecule has 3 aromatic rings. The molecular formula is C23H24N2O5. The average molecular weight is 408 g/mol. The van der Waals surface area contributed by atoms with Gasteiger partial charge in [0.2, 0.25) is 0 Å². The number of benzene rings is 2. The van der Waals surface area contributed by atoms with Crippen LogP contribution in [-0.2, 0) is 16.1 Å². The largest absolute Gasteiger partial charge is 0.494 e. The Morgan fingerprint density at radius 1 is 0.967 bits per heavy atom. The van der Waals surface area contributed by atoms with E-state index in [0.29, 0.717) is 18.1 Å². The van der Waals surface area contributed by atoms with Crippen LogP contribution in [-0.4, -0.2) is 30.8 Å². The van der Waals surface area contributed by atoms with Crippen LogP contribution in [0.4, 0.5) is 4.79 Å². The zero-order chi connectivity index (χ0) is 21.8. The third-order valence-electron chi connectivity index (χ3n) is 3.80. The van der Waals surface area contributed by atoms with Gasteiger partial charge in [0.25, 0.3) is 0 Å². The molecule has 2 aromatic carbocycles. The van der Waals surface area contributed by atoms with Crippen molar-refractivity contribution in [2.24, 2.45) is 5.73 Å². The first-order valence-electron chi connectivity index (χ1n) is 9.28. The summed E-state index contributed by atoms with van der Waals surface area (Å²) in [4.78, 5) is 26.1. The molecule has 0 aliphatic carbocycles. The number of rotatable bonds is 6. The molecule has 0 radical (unpaired) electrons. The lowest BCUT2D eigenvalue weighted by Gasteiger charge is -2.08. The van der Waals surface area contributed by atoms with Gasteiger partial charge in [-0.25, -0.2) is 14.6 Å². The molecule has 0 aliphatic rings. The second-order valence-electron chi connectivity index (χ2n) is 5.96. The van der Waals surface area contributed by atoms with Gasteiger partial charge in [-0.05, 0) is 12.5 Å². The van der Waals surface area contributed by atoms with E-state index in [0.717, 1.165) is 11.1 Å².